The first-order valence-corrected chi connectivity index (χ1v) is 13.7. The van der Waals surface area contributed by atoms with Crippen LogP contribution in [0.3, 0.4) is 0 Å². The van der Waals surface area contributed by atoms with Crippen LogP contribution in [-0.4, -0.2) is 18.4 Å². The summed E-state index contributed by atoms with van der Waals surface area (Å²) in [7, 11) is 0. The van der Waals surface area contributed by atoms with Crippen LogP contribution in [0, 0.1) is 19.7 Å². The third-order valence-electron chi connectivity index (χ3n) is 1.55. The Morgan fingerprint density at radius 1 is 0.846 bits per heavy atom. The topological polar surface area (TPSA) is 0 Å². The molecule has 0 nitrogen and oxygen atoms in total. The van der Waals surface area contributed by atoms with E-state index in [1.54, 1.807) is 0 Å². The minimum atomic E-state index is -2.21. The van der Waals surface area contributed by atoms with Crippen molar-refractivity contribution in [1.82, 2.24) is 0 Å². The maximum atomic E-state index is 3.41. The van der Waals surface area contributed by atoms with E-state index in [-0.39, 0.29) is 0 Å². The fraction of sp³-hybridized carbons (Fsp3) is 0.667. The summed E-state index contributed by atoms with van der Waals surface area (Å²) >= 11 is -2.21. The van der Waals surface area contributed by atoms with Crippen molar-refractivity contribution in [2.24, 2.45) is 0 Å². The van der Waals surface area contributed by atoms with Gasteiger partial charge in [-0.2, -0.15) is 0 Å². The Morgan fingerprint density at radius 3 is 1.54 bits per heavy atom. The molecule has 0 amide bonds. The number of hydrogen-bond acceptors (Lipinski definition) is 0. The van der Waals surface area contributed by atoms with Gasteiger partial charge in [0.2, 0.25) is 0 Å². The van der Waals surface area contributed by atoms with E-state index < -0.39 is 18.4 Å². The van der Waals surface area contributed by atoms with Crippen LogP contribution < -0.4 is 0 Å². The van der Waals surface area contributed by atoms with Gasteiger partial charge >= 0.3 is 87.5 Å². The van der Waals surface area contributed by atoms with Gasteiger partial charge in [0.05, 0.1) is 0 Å². The van der Waals surface area contributed by atoms with Gasteiger partial charge in [-0.25, -0.2) is 0 Å². The summed E-state index contributed by atoms with van der Waals surface area (Å²) in [4.78, 5) is 4.58. The van der Waals surface area contributed by atoms with E-state index in [0.717, 1.165) is 25.7 Å². The maximum absolute atomic E-state index is 3.41. The second kappa shape index (κ2) is 7.33. The van der Waals surface area contributed by atoms with Gasteiger partial charge in [0.25, 0.3) is 0 Å². The molecule has 13 heavy (non-hydrogen) atoms. The second-order valence-corrected chi connectivity index (χ2v) is 14.4. The van der Waals surface area contributed by atoms with E-state index >= 15 is 0 Å². The van der Waals surface area contributed by atoms with Crippen molar-refractivity contribution in [3.63, 3.8) is 0 Å². The van der Waals surface area contributed by atoms with E-state index in [4.69, 9.17) is 0 Å². The first-order valence-electron chi connectivity index (χ1n) is 5.12. The third kappa shape index (κ3) is 8.25. The zero-order valence-corrected chi connectivity index (χ0v) is 12.2. The van der Waals surface area contributed by atoms with Crippen LogP contribution in [0.4, 0.5) is 0 Å². The molecule has 0 spiro atoms. The molecule has 0 saturated carbocycles. The number of unbranched alkanes of at least 4 members (excludes halogenated alkanes) is 2. The molecule has 0 radical (unpaired) electrons. The molecule has 1 heteroatoms. The SMILES string of the molecule is CCCC#[C][Sn]([CH3])([CH3])[C]#CCCC. The molecule has 0 aliphatic carbocycles. The zero-order valence-electron chi connectivity index (χ0n) is 9.33. The summed E-state index contributed by atoms with van der Waals surface area (Å²) in [5.41, 5.74) is 0. The van der Waals surface area contributed by atoms with Crippen molar-refractivity contribution in [3.8, 4) is 19.7 Å². The summed E-state index contributed by atoms with van der Waals surface area (Å²) in [5.74, 6) is 6.49. The first-order chi connectivity index (χ1) is 6.12. The molecule has 0 bridgehead atoms. The molecule has 0 aromatic heterocycles. The van der Waals surface area contributed by atoms with Crippen LogP contribution >= 0.6 is 0 Å². The summed E-state index contributed by atoms with van der Waals surface area (Å²) in [6.45, 7) is 4.33. The fourth-order valence-electron chi connectivity index (χ4n) is 0.848. The van der Waals surface area contributed by atoms with E-state index in [1.807, 2.05) is 0 Å². The van der Waals surface area contributed by atoms with Gasteiger partial charge in [-0.15, -0.1) is 0 Å². The molecule has 0 N–H and O–H groups in total. The van der Waals surface area contributed by atoms with Crippen molar-refractivity contribution in [2.45, 2.75) is 49.4 Å². The Bertz CT molecular complexity index is 216. The van der Waals surface area contributed by atoms with Crippen LogP contribution in [0.2, 0.25) is 9.88 Å². The Kier molecular flexibility index (Phi) is 7.29. The normalized spacial score (nSPS) is 9.54. The van der Waals surface area contributed by atoms with E-state index in [0.29, 0.717) is 0 Å². The Labute approximate surface area is 87.4 Å². The Balaban J connectivity index is 4.11. The van der Waals surface area contributed by atoms with Crippen LogP contribution in [0.15, 0.2) is 0 Å². The number of rotatable bonds is 2. The Hall–Kier alpha value is -0.0813. The van der Waals surface area contributed by atoms with E-state index in [9.17, 15) is 0 Å². The summed E-state index contributed by atoms with van der Waals surface area (Å²) in [5, 5.41) is 0. The fourth-order valence-corrected chi connectivity index (χ4v) is 4.26. The van der Waals surface area contributed by atoms with Crippen LogP contribution in [-0.2, 0) is 0 Å². The molecule has 0 heterocycles. The number of hydrogen-bond donors (Lipinski definition) is 0. The van der Waals surface area contributed by atoms with Gasteiger partial charge in [-0.05, 0) is 0 Å². The molecule has 0 fully saturated rings. The van der Waals surface area contributed by atoms with E-state index in [2.05, 4.69) is 43.4 Å². The van der Waals surface area contributed by atoms with Crippen molar-refractivity contribution >= 4 is 18.4 Å². The molecule has 0 atom stereocenters. The van der Waals surface area contributed by atoms with Crippen molar-refractivity contribution in [1.29, 1.82) is 0 Å². The van der Waals surface area contributed by atoms with Crippen molar-refractivity contribution in [2.75, 3.05) is 0 Å². The molecule has 0 aromatic rings. The molecule has 0 aliphatic heterocycles. The molecule has 0 rings (SSSR count). The predicted octanol–water partition coefficient (Wildman–Crippen LogP) is 3.38. The van der Waals surface area contributed by atoms with E-state index in [1.165, 1.54) is 0 Å². The monoisotopic (exact) mass is 284 g/mol. The van der Waals surface area contributed by atoms with Gasteiger partial charge in [-0.3, -0.25) is 0 Å². The van der Waals surface area contributed by atoms with Crippen LogP contribution in [0.25, 0.3) is 0 Å². The molecule has 0 unspecified atom stereocenters. The van der Waals surface area contributed by atoms with Crippen molar-refractivity contribution in [3.05, 3.63) is 0 Å². The second-order valence-electron chi connectivity index (χ2n) is 3.73. The molecule has 72 valence electrons. The molecular formula is C12H20Sn. The average Bonchev–Trinajstić information content (AvgIpc) is 2.05. The first kappa shape index (κ1) is 12.9. The minimum absolute atomic E-state index is 1.04. The average molecular weight is 283 g/mol. The molecular weight excluding hydrogens is 263 g/mol. The Morgan fingerprint density at radius 2 is 1.23 bits per heavy atom. The molecule has 0 aliphatic rings. The predicted molar refractivity (Wildman–Crippen MR) is 62.9 cm³/mol. The quantitative estimate of drug-likeness (QED) is 0.538. The van der Waals surface area contributed by atoms with Gasteiger partial charge in [0.1, 0.15) is 0 Å². The summed E-state index contributed by atoms with van der Waals surface area (Å²) in [6, 6.07) is 0. The summed E-state index contributed by atoms with van der Waals surface area (Å²) in [6.07, 6.45) is 4.40. The van der Waals surface area contributed by atoms with Gasteiger partial charge in [0.15, 0.2) is 0 Å². The van der Waals surface area contributed by atoms with Gasteiger partial charge in [-0.1, -0.05) is 0 Å². The van der Waals surface area contributed by atoms with Crippen LogP contribution in [0.1, 0.15) is 39.5 Å². The molecule has 0 aromatic carbocycles. The zero-order chi connectivity index (χ0) is 10.2. The van der Waals surface area contributed by atoms with Gasteiger partial charge in [0, 0.05) is 0 Å². The van der Waals surface area contributed by atoms with Crippen LogP contribution in [0.5, 0.6) is 0 Å². The van der Waals surface area contributed by atoms with Gasteiger partial charge < -0.3 is 0 Å². The summed E-state index contributed by atoms with van der Waals surface area (Å²) < 4.78 is 6.81. The molecule has 0 saturated heterocycles. The van der Waals surface area contributed by atoms with Crippen molar-refractivity contribution < 1.29 is 0 Å². The third-order valence-corrected chi connectivity index (χ3v) is 6.13. The standard InChI is InChI=1S/2C5H7.2CH3.Sn/c2*1-3-5-4-2;;;/h2*3,5H2,1H3;2*1H3;.